The Morgan fingerprint density at radius 3 is 2.35 bits per heavy atom. The van der Waals surface area contributed by atoms with Crippen molar-refractivity contribution in [2.75, 3.05) is 11.5 Å². The SMILES string of the molecule is CC1=C(C(=O)C2COC(C)(C)O2)C(c2ccc(C#N)cc2)N(C(C)C(=O)O)C(=O)N1c1cccc(C(F)(F)F)c1. The largest absolute Gasteiger partial charge is 0.480 e. The molecule has 0 saturated carbocycles. The summed E-state index contributed by atoms with van der Waals surface area (Å²) in [7, 11) is 0. The number of ether oxygens (including phenoxy) is 2. The molecule has 210 valence electrons. The Bertz CT molecular complexity index is 1430. The molecule has 1 saturated heterocycles. The lowest BCUT2D eigenvalue weighted by molar-refractivity contribution is -0.150. The normalized spacial score (nSPS) is 21.8. The second-order valence-electron chi connectivity index (χ2n) is 9.90. The lowest BCUT2D eigenvalue weighted by Gasteiger charge is -2.45. The van der Waals surface area contributed by atoms with Crippen LogP contribution in [0, 0.1) is 11.3 Å². The summed E-state index contributed by atoms with van der Waals surface area (Å²) in [5.41, 5.74) is -0.665. The van der Waals surface area contributed by atoms with E-state index < -0.39 is 53.5 Å². The number of hydrogen-bond donors (Lipinski definition) is 1. The van der Waals surface area contributed by atoms with E-state index in [0.29, 0.717) is 5.56 Å². The molecule has 2 aliphatic heterocycles. The van der Waals surface area contributed by atoms with Gasteiger partial charge in [-0.2, -0.15) is 18.4 Å². The summed E-state index contributed by atoms with van der Waals surface area (Å²) in [5.74, 6) is -3.12. The molecule has 12 heteroatoms. The van der Waals surface area contributed by atoms with Crippen molar-refractivity contribution in [3.63, 3.8) is 0 Å². The van der Waals surface area contributed by atoms with Gasteiger partial charge in [0.2, 0.25) is 0 Å². The number of carbonyl (C=O) groups is 3. The molecule has 2 amide bonds. The van der Waals surface area contributed by atoms with Crippen molar-refractivity contribution in [1.29, 1.82) is 5.26 Å². The van der Waals surface area contributed by atoms with Gasteiger partial charge < -0.3 is 14.6 Å². The second kappa shape index (κ2) is 10.4. The number of hydrogen-bond acceptors (Lipinski definition) is 6. The number of rotatable bonds is 6. The van der Waals surface area contributed by atoms with Gasteiger partial charge >= 0.3 is 18.2 Å². The number of alkyl halides is 3. The Kier molecular flexibility index (Phi) is 7.49. The molecule has 40 heavy (non-hydrogen) atoms. The lowest BCUT2D eigenvalue weighted by atomic mass is 9.87. The number of carboxylic acid groups (broad SMARTS) is 1. The van der Waals surface area contributed by atoms with Crippen LogP contribution in [-0.4, -0.2) is 52.3 Å². The molecule has 0 radical (unpaired) electrons. The summed E-state index contributed by atoms with van der Waals surface area (Å²) in [6, 6.07) is 8.15. The molecule has 3 atom stereocenters. The first kappa shape index (κ1) is 28.8. The Hall–Kier alpha value is -4.21. The van der Waals surface area contributed by atoms with Crippen molar-refractivity contribution < 1.29 is 42.1 Å². The Morgan fingerprint density at radius 2 is 1.82 bits per heavy atom. The quantitative estimate of drug-likeness (QED) is 0.529. The number of Topliss-reactive ketones (excluding diaryl/α,β-unsaturated/α-hetero) is 1. The third-order valence-corrected chi connectivity index (χ3v) is 6.82. The van der Waals surface area contributed by atoms with Crippen LogP contribution in [0.2, 0.25) is 0 Å². The average molecular weight is 558 g/mol. The van der Waals surface area contributed by atoms with Crippen LogP contribution in [0.4, 0.5) is 23.7 Å². The van der Waals surface area contributed by atoms with Crippen molar-refractivity contribution in [2.45, 2.75) is 57.8 Å². The van der Waals surface area contributed by atoms with Crippen molar-refractivity contribution in [1.82, 2.24) is 4.90 Å². The maximum Gasteiger partial charge on any atom is 0.416 e. The molecule has 0 aliphatic carbocycles. The highest BCUT2D eigenvalue weighted by Gasteiger charge is 2.49. The summed E-state index contributed by atoms with van der Waals surface area (Å²) in [4.78, 5) is 42.1. The first-order valence-electron chi connectivity index (χ1n) is 12.3. The van der Waals surface area contributed by atoms with E-state index in [-0.39, 0.29) is 29.1 Å². The summed E-state index contributed by atoms with van der Waals surface area (Å²) in [6.45, 7) is 5.73. The highest BCUT2D eigenvalue weighted by molar-refractivity contribution is 6.08. The summed E-state index contributed by atoms with van der Waals surface area (Å²) < 4.78 is 52.0. The summed E-state index contributed by atoms with van der Waals surface area (Å²) in [5, 5.41) is 19.2. The average Bonchev–Trinajstić information content (AvgIpc) is 3.27. The van der Waals surface area contributed by atoms with Crippen LogP contribution in [0.1, 0.15) is 50.4 Å². The van der Waals surface area contributed by atoms with E-state index in [1.165, 1.54) is 44.2 Å². The van der Waals surface area contributed by atoms with Gasteiger partial charge in [0.25, 0.3) is 0 Å². The van der Waals surface area contributed by atoms with Crippen LogP contribution < -0.4 is 4.90 Å². The van der Waals surface area contributed by atoms with Gasteiger partial charge in [-0.15, -0.1) is 0 Å². The highest BCUT2D eigenvalue weighted by Crippen LogP contribution is 2.43. The van der Waals surface area contributed by atoms with Crippen LogP contribution in [0.3, 0.4) is 0 Å². The van der Waals surface area contributed by atoms with E-state index in [0.717, 1.165) is 28.0 Å². The number of nitrogens with zero attached hydrogens (tertiary/aromatic N) is 3. The molecule has 3 unspecified atom stereocenters. The van der Waals surface area contributed by atoms with Crippen LogP contribution in [0.15, 0.2) is 59.8 Å². The van der Waals surface area contributed by atoms with Crippen LogP contribution in [0.5, 0.6) is 0 Å². The Labute approximate surface area is 228 Å². The summed E-state index contributed by atoms with van der Waals surface area (Å²) >= 11 is 0. The predicted octanol–water partition coefficient (Wildman–Crippen LogP) is 5.03. The molecule has 0 aromatic heterocycles. The maximum atomic E-state index is 14.0. The number of urea groups is 1. The van der Waals surface area contributed by atoms with Crippen LogP contribution >= 0.6 is 0 Å². The lowest BCUT2D eigenvalue weighted by Crippen LogP contribution is -2.56. The van der Waals surface area contributed by atoms with Crippen LogP contribution in [0.25, 0.3) is 0 Å². The fourth-order valence-corrected chi connectivity index (χ4v) is 4.83. The molecule has 9 nitrogen and oxygen atoms in total. The van der Waals surface area contributed by atoms with Crippen molar-refractivity contribution in [3.8, 4) is 6.07 Å². The Morgan fingerprint density at radius 1 is 1.18 bits per heavy atom. The molecular weight excluding hydrogens is 531 g/mol. The van der Waals surface area contributed by atoms with Gasteiger partial charge in [-0.1, -0.05) is 18.2 Å². The maximum absolute atomic E-state index is 14.0. The minimum absolute atomic E-state index is 0.00540. The van der Waals surface area contributed by atoms with Gasteiger partial charge in [-0.25, -0.2) is 9.59 Å². The topological polar surface area (TPSA) is 120 Å². The molecule has 2 heterocycles. The van der Waals surface area contributed by atoms with E-state index in [9.17, 15) is 37.9 Å². The van der Waals surface area contributed by atoms with E-state index >= 15 is 0 Å². The minimum Gasteiger partial charge on any atom is -0.480 e. The number of carboxylic acids is 1. The fourth-order valence-electron chi connectivity index (χ4n) is 4.83. The standard InChI is InChI=1S/C28H26F3N3O6/c1-15-22(24(35)21-14-39-27(3,4)40-21)23(18-10-8-17(13-32)9-11-18)34(16(2)25(36)37)26(38)33(15)20-7-5-6-19(12-20)28(29,30)31/h5-12,16,21,23H,14H2,1-4H3,(H,36,37). The molecular formula is C28H26F3N3O6. The zero-order valence-corrected chi connectivity index (χ0v) is 22.0. The molecule has 1 fully saturated rings. The zero-order valence-electron chi connectivity index (χ0n) is 22.0. The third-order valence-electron chi connectivity index (χ3n) is 6.82. The number of anilines is 1. The first-order chi connectivity index (χ1) is 18.7. The first-order valence-corrected chi connectivity index (χ1v) is 12.3. The third kappa shape index (κ3) is 5.30. The number of halogens is 3. The van der Waals surface area contributed by atoms with Gasteiger partial charge in [0.15, 0.2) is 11.6 Å². The number of aliphatic carboxylic acids is 1. The molecule has 0 bridgehead atoms. The Balaban J connectivity index is 1.99. The number of allylic oxidation sites excluding steroid dienone is 1. The molecule has 1 N–H and O–H groups in total. The molecule has 2 aromatic carbocycles. The van der Waals surface area contributed by atoms with E-state index in [1.807, 2.05) is 6.07 Å². The highest BCUT2D eigenvalue weighted by atomic mass is 19.4. The van der Waals surface area contributed by atoms with Gasteiger partial charge in [0.1, 0.15) is 12.1 Å². The minimum atomic E-state index is -4.72. The number of ketones is 1. The number of carbonyl (C=O) groups excluding carboxylic acids is 2. The second-order valence-corrected chi connectivity index (χ2v) is 9.90. The predicted molar refractivity (Wildman–Crippen MR) is 135 cm³/mol. The molecule has 2 aliphatic rings. The van der Waals surface area contributed by atoms with Crippen molar-refractivity contribution in [2.24, 2.45) is 0 Å². The number of benzene rings is 2. The smallest absolute Gasteiger partial charge is 0.416 e. The number of nitriles is 1. The van der Waals surface area contributed by atoms with Crippen LogP contribution in [-0.2, 0) is 25.2 Å². The van der Waals surface area contributed by atoms with E-state index in [1.54, 1.807) is 13.8 Å². The van der Waals surface area contributed by atoms with E-state index in [2.05, 4.69) is 0 Å². The molecule has 0 spiro atoms. The monoisotopic (exact) mass is 557 g/mol. The van der Waals surface area contributed by atoms with Gasteiger partial charge in [0, 0.05) is 11.3 Å². The van der Waals surface area contributed by atoms with Crippen molar-refractivity contribution >= 4 is 23.5 Å². The fraction of sp³-hybridized carbons (Fsp3) is 0.357. The van der Waals surface area contributed by atoms with Gasteiger partial charge in [-0.3, -0.25) is 14.6 Å². The zero-order chi connectivity index (χ0) is 29.6. The molecule has 2 aromatic rings. The molecule has 4 rings (SSSR count). The van der Waals surface area contributed by atoms with Gasteiger partial charge in [-0.05, 0) is 63.6 Å². The summed E-state index contributed by atoms with van der Waals surface area (Å²) in [6.07, 6.45) is -5.84. The number of amides is 2. The van der Waals surface area contributed by atoms with Crippen molar-refractivity contribution in [3.05, 3.63) is 76.5 Å². The van der Waals surface area contributed by atoms with E-state index in [4.69, 9.17) is 9.47 Å². The van der Waals surface area contributed by atoms with Gasteiger partial charge in [0.05, 0.1) is 35.5 Å².